The highest BCUT2D eigenvalue weighted by atomic mass is 19.1. The molecular weight excluding hydrogens is 247 g/mol. The first kappa shape index (κ1) is 15.4. The third-order valence-corrected chi connectivity index (χ3v) is 2.30. The van der Waals surface area contributed by atoms with E-state index in [0.29, 0.717) is 24.8 Å². The molecule has 2 N–H and O–H groups in total. The van der Waals surface area contributed by atoms with Crippen LogP contribution in [0.3, 0.4) is 0 Å². The Balaban J connectivity index is 2.09. The van der Waals surface area contributed by atoms with Gasteiger partial charge in [-0.05, 0) is 36.6 Å². The quantitative estimate of drug-likeness (QED) is 0.747. The van der Waals surface area contributed by atoms with E-state index >= 15 is 0 Å². The average molecular weight is 268 g/mol. The summed E-state index contributed by atoms with van der Waals surface area (Å²) in [5.74, 6) is 0.197. The molecule has 0 radical (unpaired) electrons. The van der Waals surface area contributed by atoms with Crippen molar-refractivity contribution in [1.82, 2.24) is 5.32 Å². The van der Waals surface area contributed by atoms with Crippen molar-refractivity contribution in [2.24, 2.45) is 5.92 Å². The summed E-state index contributed by atoms with van der Waals surface area (Å²) in [6.45, 7) is 6.10. The summed E-state index contributed by atoms with van der Waals surface area (Å²) in [5, 5.41) is 5.33. The highest BCUT2D eigenvalue weighted by Crippen LogP contribution is 2.07. The molecule has 0 aliphatic heterocycles. The molecular formula is C14H21FN2O2. The maximum Gasteiger partial charge on any atom is 0.319 e. The maximum absolute atomic E-state index is 12.7. The van der Waals surface area contributed by atoms with Gasteiger partial charge in [0.2, 0.25) is 0 Å². The molecule has 0 aliphatic carbocycles. The number of nitrogens with one attached hydrogen (secondary N) is 2. The lowest BCUT2D eigenvalue weighted by molar-refractivity contribution is 0.108. The molecule has 1 aromatic rings. The fraction of sp³-hybridized carbons (Fsp3) is 0.500. The Kier molecular flexibility index (Phi) is 6.89. The molecule has 0 bridgehead atoms. The number of carbonyl (C=O) groups excluding carboxylic acids is 1. The van der Waals surface area contributed by atoms with Crippen molar-refractivity contribution in [2.75, 3.05) is 25.1 Å². The molecule has 1 rings (SSSR count). The first-order valence-corrected chi connectivity index (χ1v) is 6.46. The molecule has 2 amide bonds. The number of rotatable bonds is 7. The summed E-state index contributed by atoms with van der Waals surface area (Å²) in [4.78, 5) is 11.5. The summed E-state index contributed by atoms with van der Waals surface area (Å²) in [6.07, 6.45) is 0.767. The predicted molar refractivity (Wildman–Crippen MR) is 73.7 cm³/mol. The van der Waals surface area contributed by atoms with Crippen molar-refractivity contribution < 1.29 is 13.9 Å². The first-order valence-electron chi connectivity index (χ1n) is 6.46. The Morgan fingerprint density at radius 2 is 2.00 bits per heavy atom. The predicted octanol–water partition coefficient (Wildman–Crippen LogP) is 3.01. The Labute approximate surface area is 113 Å². The minimum Gasteiger partial charge on any atom is -0.381 e. The number of amides is 2. The molecule has 0 heterocycles. The van der Waals surface area contributed by atoms with E-state index in [1.165, 1.54) is 24.3 Å². The van der Waals surface area contributed by atoms with Crippen LogP contribution in [0.1, 0.15) is 20.3 Å². The first-order chi connectivity index (χ1) is 9.08. The smallest absolute Gasteiger partial charge is 0.319 e. The fourth-order valence-corrected chi connectivity index (χ4v) is 1.40. The van der Waals surface area contributed by atoms with Crippen molar-refractivity contribution in [3.05, 3.63) is 30.1 Å². The third kappa shape index (κ3) is 7.41. The average Bonchev–Trinajstić information content (AvgIpc) is 2.36. The zero-order chi connectivity index (χ0) is 14.1. The van der Waals surface area contributed by atoms with Crippen LogP contribution in [0.5, 0.6) is 0 Å². The largest absolute Gasteiger partial charge is 0.381 e. The van der Waals surface area contributed by atoms with E-state index in [4.69, 9.17) is 4.74 Å². The number of halogens is 1. The van der Waals surface area contributed by atoms with E-state index in [0.717, 1.165) is 13.0 Å². The van der Waals surface area contributed by atoms with Crippen molar-refractivity contribution in [2.45, 2.75) is 20.3 Å². The molecule has 0 saturated carbocycles. The lowest BCUT2D eigenvalue weighted by Crippen LogP contribution is -2.30. The van der Waals surface area contributed by atoms with E-state index in [2.05, 4.69) is 24.5 Å². The van der Waals surface area contributed by atoms with Crippen LogP contribution in [0, 0.1) is 11.7 Å². The van der Waals surface area contributed by atoms with E-state index in [1.807, 2.05) is 0 Å². The number of hydrogen-bond donors (Lipinski definition) is 2. The molecule has 106 valence electrons. The Bertz CT molecular complexity index is 380. The van der Waals surface area contributed by atoms with Crippen molar-refractivity contribution in [3.8, 4) is 0 Å². The van der Waals surface area contributed by atoms with Crippen molar-refractivity contribution >= 4 is 11.7 Å². The van der Waals surface area contributed by atoms with Crippen molar-refractivity contribution in [3.63, 3.8) is 0 Å². The van der Waals surface area contributed by atoms with Crippen LogP contribution in [-0.4, -0.2) is 25.8 Å². The van der Waals surface area contributed by atoms with Crippen LogP contribution in [0.4, 0.5) is 14.9 Å². The minimum absolute atomic E-state index is 0.296. The summed E-state index contributed by atoms with van der Waals surface area (Å²) < 4.78 is 18.1. The van der Waals surface area contributed by atoms with Gasteiger partial charge in [0.15, 0.2) is 0 Å². The monoisotopic (exact) mass is 268 g/mol. The van der Waals surface area contributed by atoms with Gasteiger partial charge in [0, 0.05) is 25.4 Å². The summed E-state index contributed by atoms with van der Waals surface area (Å²) in [6, 6.07) is 5.34. The zero-order valence-corrected chi connectivity index (χ0v) is 11.4. The zero-order valence-electron chi connectivity index (χ0n) is 11.4. The van der Waals surface area contributed by atoms with Crippen LogP contribution >= 0.6 is 0 Å². The SMILES string of the molecule is CC(C)COCCCNC(=O)Nc1ccc(F)cc1. The number of benzene rings is 1. The van der Waals surface area contributed by atoms with Crippen LogP contribution in [0.25, 0.3) is 0 Å². The van der Waals surface area contributed by atoms with Gasteiger partial charge < -0.3 is 15.4 Å². The summed E-state index contributed by atoms with van der Waals surface area (Å²) in [7, 11) is 0. The van der Waals surface area contributed by atoms with Gasteiger partial charge in [-0.3, -0.25) is 0 Å². The van der Waals surface area contributed by atoms with E-state index in [-0.39, 0.29) is 11.8 Å². The van der Waals surface area contributed by atoms with E-state index in [9.17, 15) is 9.18 Å². The molecule has 0 unspecified atom stereocenters. The summed E-state index contributed by atoms with van der Waals surface area (Å²) in [5.41, 5.74) is 0.565. The minimum atomic E-state index is -0.326. The molecule has 0 spiro atoms. The van der Waals surface area contributed by atoms with Gasteiger partial charge in [-0.2, -0.15) is 0 Å². The highest BCUT2D eigenvalue weighted by molar-refractivity contribution is 5.89. The number of anilines is 1. The molecule has 1 aromatic carbocycles. The topological polar surface area (TPSA) is 50.4 Å². The number of ether oxygens (including phenoxy) is 1. The standard InChI is InChI=1S/C14H21FN2O2/c1-11(2)10-19-9-3-8-16-14(18)17-13-6-4-12(15)5-7-13/h4-7,11H,3,8-10H2,1-2H3,(H2,16,17,18). The Morgan fingerprint density at radius 1 is 1.32 bits per heavy atom. The normalized spacial score (nSPS) is 10.5. The fourth-order valence-electron chi connectivity index (χ4n) is 1.40. The molecule has 4 nitrogen and oxygen atoms in total. The van der Waals surface area contributed by atoms with E-state index < -0.39 is 0 Å². The van der Waals surface area contributed by atoms with Gasteiger partial charge >= 0.3 is 6.03 Å². The second kappa shape index (κ2) is 8.48. The maximum atomic E-state index is 12.7. The number of carbonyl (C=O) groups is 1. The van der Waals surface area contributed by atoms with Gasteiger partial charge in [0.05, 0.1) is 0 Å². The van der Waals surface area contributed by atoms with Crippen LogP contribution in [-0.2, 0) is 4.74 Å². The van der Waals surface area contributed by atoms with E-state index in [1.54, 1.807) is 0 Å². The molecule has 0 aliphatic rings. The van der Waals surface area contributed by atoms with Gasteiger partial charge in [0.1, 0.15) is 5.82 Å². The molecule has 0 fully saturated rings. The van der Waals surface area contributed by atoms with Gasteiger partial charge in [-0.15, -0.1) is 0 Å². The number of hydrogen-bond acceptors (Lipinski definition) is 2. The second-order valence-corrected chi connectivity index (χ2v) is 4.71. The molecule has 0 atom stereocenters. The lowest BCUT2D eigenvalue weighted by Gasteiger charge is -2.09. The van der Waals surface area contributed by atoms with Gasteiger partial charge in [0.25, 0.3) is 0 Å². The van der Waals surface area contributed by atoms with Crippen LogP contribution < -0.4 is 10.6 Å². The Morgan fingerprint density at radius 3 is 2.63 bits per heavy atom. The lowest BCUT2D eigenvalue weighted by atomic mass is 10.2. The van der Waals surface area contributed by atoms with Crippen molar-refractivity contribution in [1.29, 1.82) is 0 Å². The molecule has 19 heavy (non-hydrogen) atoms. The Hall–Kier alpha value is -1.62. The van der Waals surface area contributed by atoms with Gasteiger partial charge in [-0.25, -0.2) is 9.18 Å². The number of urea groups is 1. The molecule has 0 aromatic heterocycles. The van der Waals surface area contributed by atoms with Crippen LogP contribution in [0.15, 0.2) is 24.3 Å². The van der Waals surface area contributed by atoms with Crippen LogP contribution in [0.2, 0.25) is 0 Å². The molecule has 0 saturated heterocycles. The van der Waals surface area contributed by atoms with Gasteiger partial charge in [-0.1, -0.05) is 13.8 Å². The second-order valence-electron chi connectivity index (χ2n) is 4.71. The third-order valence-electron chi connectivity index (χ3n) is 2.30. The summed E-state index contributed by atoms with van der Waals surface area (Å²) >= 11 is 0. The highest BCUT2D eigenvalue weighted by Gasteiger charge is 2.01. The molecule has 5 heteroatoms.